The van der Waals surface area contributed by atoms with Crippen molar-refractivity contribution in [3.63, 3.8) is 0 Å². The van der Waals surface area contributed by atoms with Crippen LogP contribution in [0.15, 0.2) is 36.4 Å². The second-order valence-electron chi connectivity index (χ2n) is 7.84. The number of fused-ring (bicyclic) bond motifs is 1. The Labute approximate surface area is 207 Å². The normalized spacial score (nSPS) is 14.1. The van der Waals surface area contributed by atoms with Crippen molar-refractivity contribution in [3.05, 3.63) is 53.6 Å². The van der Waals surface area contributed by atoms with E-state index in [0.29, 0.717) is 36.2 Å². The quantitative estimate of drug-likeness (QED) is 0.417. The average molecular weight is 512 g/mol. The van der Waals surface area contributed by atoms with Crippen LogP contribution in [0.2, 0.25) is 0 Å². The van der Waals surface area contributed by atoms with Gasteiger partial charge in [-0.1, -0.05) is 23.5 Å². The van der Waals surface area contributed by atoms with Crippen molar-refractivity contribution in [2.45, 2.75) is 19.8 Å². The Balaban J connectivity index is 0.00000324. The summed E-state index contributed by atoms with van der Waals surface area (Å²) >= 11 is 1.13. The summed E-state index contributed by atoms with van der Waals surface area (Å²) in [6.07, 6.45) is 0.915. The van der Waals surface area contributed by atoms with Gasteiger partial charge in [-0.05, 0) is 37.1 Å². The lowest BCUT2D eigenvalue weighted by atomic mass is 10.1. The minimum absolute atomic E-state index is 0. The fourth-order valence-corrected chi connectivity index (χ4v) is 4.85. The first-order chi connectivity index (χ1) is 16.0. The summed E-state index contributed by atoms with van der Waals surface area (Å²) in [7, 11) is 0. The van der Waals surface area contributed by atoms with Gasteiger partial charge in [-0.3, -0.25) is 14.6 Å². The number of halogens is 3. The second-order valence-corrected chi connectivity index (χ2v) is 8.85. The van der Waals surface area contributed by atoms with E-state index in [1.165, 1.54) is 6.07 Å². The summed E-state index contributed by atoms with van der Waals surface area (Å²) in [5, 5.41) is 0.382. The number of anilines is 1. The molecule has 2 aromatic carbocycles. The SMILES string of the molecule is CCOc1ccc(CC(=O)N(CCCN2CCOCC2)c2nc3c(F)cc(F)cc3s2)cc1.Cl. The van der Waals surface area contributed by atoms with Gasteiger partial charge in [0.2, 0.25) is 5.91 Å². The highest BCUT2D eigenvalue weighted by Crippen LogP contribution is 2.31. The van der Waals surface area contributed by atoms with Gasteiger partial charge in [0.15, 0.2) is 10.9 Å². The maximum Gasteiger partial charge on any atom is 0.233 e. The Kier molecular flexibility index (Phi) is 9.58. The molecule has 34 heavy (non-hydrogen) atoms. The first-order valence-electron chi connectivity index (χ1n) is 11.1. The number of thiazole rings is 1. The number of benzene rings is 2. The number of carbonyl (C=O) groups excluding carboxylic acids is 1. The zero-order valence-corrected chi connectivity index (χ0v) is 20.6. The fraction of sp³-hybridized carbons (Fsp3) is 0.417. The number of amides is 1. The standard InChI is InChI=1S/C24H27F2N3O3S.ClH/c1-2-32-19-6-4-17(5-7-19)14-22(30)29(9-3-8-28-10-12-31-13-11-28)24-27-23-20(26)15-18(25)16-21(23)33-24;/h4-7,15-16H,2-3,8-14H2,1H3;1H. The Bertz CT molecular complexity index is 1090. The minimum Gasteiger partial charge on any atom is -0.494 e. The molecule has 2 heterocycles. The lowest BCUT2D eigenvalue weighted by Crippen LogP contribution is -2.39. The third-order valence-corrected chi connectivity index (χ3v) is 6.51. The molecule has 1 aliphatic rings. The van der Waals surface area contributed by atoms with Gasteiger partial charge < -0.3 is 9.47 Å². The average Bonchev–Trinajstić information content (AvgIpc) is 3.23. The molecule has 10 heteroatoms. The van der Waals surface area contributed by atoms with Crippen LogP contribution < -0.4 is 9.64 Å². The van der Waals surface area contributed by atoms with E-state index in [0.717, 1.165) is 54.8 Å². The van der Waals surface area contributed by atoms with Crippen LogP contribution in [0.4, 0.5) is 13.9 Å². The summed E-state index contributed by atoms with van der Waals surface area (Å²) < 4.78 is 39.2. The fourth-order valence-electron chi connectivity index (χ4n) is 3.81. The van der Waals surface area contributed by atoms with Crippen LogP contribution in [-0.4, -0.2) is 61.8 Å². The number of nitrogens with zero attached hydrogens (tertiary/aromatic N) is 3. The molecule has 0 radical (unpaired) electrons. The van der Waals surface area contributed by atoms with E-state index in [9.17, 15) is 13.6 Å². The van der Waals surface area contributed by atoms with Crippen LogP contribution in [0, 0.1) is 11.6 Å². The number of rotatable bonds is 9. The summed E-state index contributed by atoms with van der Waals surface area (Å²) in [4.78, 5) is 21.5. The first-order valence-corrected chi connectivity index (χ1v) is 11.9. The van der Waals surface area contributed by atoms with Crippen molar-refractivity contribution >= 4 is 45.0 Å². The Hall–Kier alpha value is -2.33. The molecule has 0 saturated carbocycles. The summed E-state index contributed by atoms with van der Waals surface area (Å²) in [5.41, 5.74) is 0.934. The van der Waals surface area contributed by atoms with Gasteiger partial charge in [0.25, 0.3) is 0 Å². The van der Waals surface area contributed by atoms with E-state index >= 15 is 0 Å². The van der Waals surface area contributed by atoms with Gasteiger partial charge in [-0.25, -0.2) is 13.8 Å². The van der Waals surface area contributed by atoms with Crippen molar-refractivity contribution in [3.8, 4) is 5.75 Å². The number of morpholine rings is 1. The zero-order valence-electron chi connectivity index (χ0n) is 19.0. The van der Waals surface area contributed by atoms with Crippen molar-refractivity contribution in [2.75, 3.05) is 50.9 Å². The van der Waals surface area contributed by atoms with Crippen LogP contribution in [0.5, 0.6) is 5.75 Å². The number of aromatic nitrogens is 1. The summed E-state index contributed by atoms with van der Waals surface area (Å²) in [5.74, 6) is -0.768. The van der Waals surface area contributed by atoms with E-state index < -0.39 is 11.6 Å². The molecule has 4 rings (SSSR count). The molecule has 3 aromatic rings. The highest BCUT2D eigenvalue weighted by molar-refractivity contribution is 7.22. The third-order valence-electron chi connectivity index (χ3n) is 5.48. The topological polar surface area (TPSA) is 54.9 Å². The molecule has 0 unspecified atom stereocenters. The Morgan fingerprint density at radius 3 is 2.65 bits per heavy atom. The van der Waals surface area contributed by atoms with Crippen LogP contribution in [0.3, 0.4) is 0 Å². The van der Waals surface area contributed by atoms with Gasteiger partial charge in [0.1, 0.15) is 17.1 Å². The number of carbonyl (C=O) groups is 1. The molecule has 0 atom stereocenters. The number of hydrogen-bond acceptors (Lipinski definition) is 6. The minimum atomic E-state index is -0.722. The lowest BCUT2D eigenvalue weighted by Gasteiger charge is -2.27. The molecular weight excluding hydrogens is 484 g/mol. The molecule has 0 spiro atoms. The molecule has 1 aliphatic heterocycles. The molecule has 184 valence electrons. The van der Waals surface area contributed by atoms with Crippen molar-refractivity contribution in [1.82, 2.24) is 9.88 Å². The van der Waals surface area contributed by atoms with Crippen LogP contribution in [-0.2, 0) is 16.0 Å². The van der Waals surface area contributed by atoms with E-state index in [1.807, 2.05) is 31.2 Å². The molecule has 0 aliphatic carbocycles. The van der Waals surface area contributed by atoms with Gasteiger partial charge in [0.05, 0.1) is 30.9 Å². The molecule has 1 fully saturated rings. The molecule has 1 aromatic heterocycles. The zero-order chi connectivity index (χ0) is 23.2. The van der Waals surface area contributed by atoms with Gasteiger partial charge in [0, 0.05) is 32.2 Å². The maximum atomic E-state index is 14.2. The van der Waals surface area contributed by atoms with Crippen molar-refractivity contribution in [2.24, 2.45) is 0 Å². The van der Waals surface area contributed by atoms with Gasteiger partial charge in [-0.15, -0.1) is 12.4 Å². The molecule has 1 saturated heterocycles. The van der Waals surface area contributed by atoms with Crippen molar-refractivity contribution < 1.29 is 23.0 Å². The highest BCUT2D eigenvalue weighted by Gasteiger charge is 2.22. The number of hydrogen-bond donors (Lipinski definition) is 0. The van der Waals surface area contributed by atoms with Gasteiger partial charge >= 0.3 is 0 Å². The van der Waals surface area contributed by atoms with Crippen LogP contribution in [0.1, 0.15) is 18.9 Å². The second kappa shape index (κ2) is 12.4. The van der Waals surface area contributed by atoms with E-state index in [1.54, 1.807) is 4.90 Å². The monoisotopic (exact) mass is 511 g/mol. The molecule has 0 N–H and O–H groups in total. The maximum absolute atomic E-state index is 14.2. The van der Waals surface area contributed by atoms with Crippen LogP contribution >= 0.6 is 23.7 Å². The lowest BCUT2D eigenvalue weighted by molar-refractivity contribution is -0.118. The van der Waals surface area contributed by atoms with Gasteiger partial charge in [-0.2, -0.15) is 0 Å². The largest absolute Gasteiger partial charge is 0.494 e. The molecular formula is C24H28ClF2N3O3S. The highest BCUT2D eigenvalue weighted by atomic mass is 35.5. The Morgan fingerprint density at radius 1 is 1.21 bits per heavy atom. The smallest absolute Gasteiger partial charge is 0.233 e. The van der Waals surface area contributed by atoms with E-state index in [-0.39, 0.29) is 30.3 Å². The molecule has 0 bridgehead atoms. The predicted molar refractivity (Wildman–Crippen MR) is 132 cm³/mol. The van der Waals surface area contributed by atoms with Crippen molar-refractivity contribution in [1.29, 1.82) is 0 Å². The predicted octanol–water partition coefficient (Wildman–Crippen LogP) is 4.69. The number of ether oxygens (including phenoxy) is 2. The van der Waals surface area contributed by atoms with E-state index in [2.05, 4.69) is 9.88 Å². The van der Waals surface area contributed by atoms with Crippen LogP contribution in [0.25, 0.3) is 10.2 Å². The summed E-state index contributed by atoms with van der Waals surface area (Å²) in [6, 6.07) is 9.47. The van der Waals surface area contributed by atoms with E-state index in [4.69, 9.17) is 9.47 Å². The summed E-state index contributed by atoms with van der Waals surface area (Å²) in [6.45, 7) is 6.91. The first kappa shape index (κ1) is 26.3. The molecule has 6 nitrogen and oxygen atoms in total. The molecule has 1 amide bonds. The third kappa shape index (κ3) is 6.63. The Morgan fingerprint density at radius 2 is 1.94 bits per heavy atom.